The van der Waals surface area contributed by atoms with Crippen LogP contribution in [-0.4, -0.2) is 19.4 Å². The van der Waals surface area contributed by atoms with E-state index in [-0.39, 0.29) is 5.78 Å². The molecule has 4 heteroatoms. The van der Waals surface area contributed by atoms with Crippen molar-refractivity contribution in [2.24, 2.45) is 0 Å². The molecular weight excluding hydrogens is 194 g/mol. The Bertz CT molecular complexity index is 284. The van der Waals surface area contributed by atoms with Crippen LogP contribution in [0.4, 0.5) is 5.00 Å². The van der Waals surface area contributed by atoms with E-state index < -0.39 is 0 Å². The van der Waals surface area contributed by atoms with Crippen molar-refractivity contribution in [1.29, 1.82) is 0 Å². The zero-order valence-electron chi connectivity index (χ0n) is 7.00. The summed E-state index contributed by atoms with van der Waals surface area (Å²) in [5.41, 5.74) is 0. The second-order valence-corrected chi connectivity index (χ2v) is 4.33. The standard InChI is InChI=1S/C8H10ClNOS/c1-6(11)5-10(2)8-4-3-7(9)12-8/h3-4H,5H2,1-2H3. The van der Waals surface area contributed by atoms with E-state index in [1.807, 2.05) is 24.1 Å². The number of thiophene rings is 1. The van der Waals surface area contributed by atoms with Crippen molar-refractivity contribution in [1.82, 2.24) is 0 Å². The first kappa shape index (κ1) is 9.55. The summed E-state index contributed by atoms with van der Waals surface area (Å²) in [6.45, 7) is 2.02. The van der Waals surface area contributed by atoms with Gasteiger partial charge in [0.1, 0.15) is 5.78 Å². The molecule has 0 saturated heterocycles. The SMILES string of the molecule is CC(=O)CN(C)c1ccc(Cl)s1. The summed E-state index contributed by atoms with van der Waals surface area (Å²) in [7, 11) is 1.88. The second kappa shape index (κ2) is 3.92. The fourth-order valence-electron chi connectivity index (χ4n) is 0.922. The first-order valence-corrected chi connectivity index (χ1v) is 4.75. The molecule has 66 valence electrons. The van der Waals surface area contributed by atoms with E-state index in [0.29, 0.717) is 6.54 Å². The van der Waals surface area contributed by atoms with Crippen molar-refractivity contribution in [3.05, 3.63) is 16.5 Å². The largest absolute Gasteiger partial charge is 0.359 e. The van der Waals surface area contributed by atoms with Crippen molar-refractivity contribution in [2.45, 2.75) is 6.92 Å². The highest BCUT2D eigenvalue weighted by Gasteiger charge is 2.05. The number of halogens is 1. The maximum atomic E-state index is 10.8. The van der Waals surface area contributed by atoms with Gasteiger partial charge in [-0.3, -0.25) is 4.79 Å². The second-order valence-electron chi connectivity index (χ2n) is 2.64. The van der Waals surface area contributed by atoms with E-state index in [0.717, 1.165) is 9.34 Å². The predicted octanol–water partition coefficient (Wildman–Crippen LogP) is 2.43. The Morgan fingerprint density at radius 1 is 1.67 bits per heavy atom. The van der Waals surface area contributed by atoms with Gasteiger partial charge in [0.05, 0.1) is 15.9 Å². The number of carbonyl (C=O) groups is 1. The van der Waals surface area contributed by atoms with E-state index in [2.05, 4.69) is 0 Å². The fourth-order valence-corrected chi connectivity index (χ4v) is 1.91. The molecule has 1 heterocycles. The van der Waals surface area contributed by atoms with Gasteiger partial charge < -0.3 is 4.90 Å². The van der Waals surface area contributed by atoms with E-state index in [4.69, 9.17) is 11.6 Å². The third kappa shape index (κ3) is 2.50. The van der Waals surface area contributed by atoms with Crippen LogP contribution in [0.3, 0.4) is 0 Å². The molecule has 0 aliphatic heterocycles. The smallest absolute Gasteiger partial charge is 0.149 e. The minimum absolute atomic E-state index is 0.155. The molecule has 0 radical (unpaired) electrons. The van der Waals surface area contributed by atoms with Crippen LogP contribution >= 0.6 is 22.9 Å². The van der Waals surface area contributed by atoms with Gasteiger partial charge in [-0.25, -0.2) is 0 Å². The number of Topliss-reactive ketones (excluding diaryl/α,β-unsaturated/α-hetero) is 1. The lowest BCUT2D eigenvalue weighted by atomic mass is 10.4. The summed E-state index contributed by atoms with van der Waals surface area (Å²) < 4.78 is 0.750. The minimum Gasteiger partial charge on any atom is -0.359 e. The highest BCUT2D eigenvalue weighted by Crippen LogP contribution is 2.28. The van der Waals surface area contributed by atoms with Crippen LogP contribution in [-0.2, 0) is 4.79 Å². The van der Waals surface area contributed by atoms with Gasteiger partial charge in [0.15, 0.2) is 0 Å². The van der Waals surface area contributed by atoms with Crippen molar-refractivity contribution in [3.63, 3.8) is 0 Å². The lowest BCUT2D eigenvalue weighted by Crippen LogP contribution is -2.22. The van der Waals surface area contributed by atoms with Crippen LogP contribution in [0.1, 0.15) is 6.92 Å². The van der Waals surface area contributed by atoms with Crippen LogP contribution in [0.5, 0.6) is 0 Å². The first-order chi connectivity index (χ1) is 5.59. The zero-order valence-corrected chi connectivity index (χ0v) is 8.58. The molecule has 0 bridgehead atoms. The lowest BCUT2D eigenvalue weighted by Gasteiger charge is -2.13. The molecule has 0 atom stereocenters. The van der Waals surface area contributed by atoms with Gasteiger partial charge in [-0.15, -0.1) is 11.3 Å². The monoisotopic (exact) mass is 203 g/mol. The number of nitrogens with zero attached hydrogens (tertiary/aromatic N) is 1. The molecule has 0 N–H and O–H groups in total. The molecule has 0 fully saturated rings. The molecule has 0 aromatic carbocycles. The van der Waals surface area contributed by atoms with E-state index >= 15 is 0 Å². The van der Waals surface area contributed by atoms with Gasteiger partial charge >= 0.3 is 0 Å². The average Bonchev–Trinajstić information content (AvgIpc) is 2.34. The third-order valence-corrected chi connectivity index (χ3v) is 2.74. The maximum Gasteiger partial charge on any atom is 0.149 e. The minimum atomic E-state index is 0.155. The molecule has 0 amide bonds. The molecule has 0 spiro atoms. The molecular formula is C8H10ClNOS. The summed E-state index contributed by atoms with van der Waals surface area (Å²) in [5, 5.41) is 1.02. The van der Waals surface area contributed by atoms with Crippen molar-refractivity contribution in [2.75, 3.05) is 18.5 Å². The quantitative estimate of drug-likeness (QED) is 0.752. The van der Waals surface area contributed by atoms with Gasteiger partial charge in [0.2, 0.25) is 0 Å². The Morgan fingerprint density at radius 3 is 2.75 bits per heavy atom. The molecule has 0 aliphatic rings. The Balaban J connectivity index is 2.64. The van der Waals surface area contributed by atoms with Crippen molar-refractivity contribution in [3.8, 4) is 0 Å². The summed E-state index contributed by atoms with van der Waals surface area (Å²) in [5.74, 6) is 0.155. The number of ketones is 1. The summed E-state index contributed by atoms with van der Waals surface area (Å²) in [6, 6.07) is 3.74. The number of rotatable bonds is 3. The Kier molecular flexibility index (Phi) is 3.12. The van der Waals surface area contributed by atoms with Crippen LogP contribution in [0.25, 0.3) is 0 Å². The molecule has 1 aromatic heterocycles. The topological polar surface area (TPSA) is 20.3 Å². The van der Waals surface area contributed by atoms with Gasteiger partial charge in [0, 0.05) is 7.05 Å². The Morgan fingerprint density at radius 2 is 2.33 bits per heavy atom. The maximum absolute atomic E-state index is 10.8. The van der Waals surface area contributed by atoms with Crippen LogP contribution in [0, 0.1) is 0 Å². The fraction of sp³-hybridized carbons (Fsp3) is 0.375. The average molecular weight is 204 g/mol. The van der Waals surface area contributed by atoms with Crippen LogP contribution in [0.15, 0.2) is 12.1 Å². The number of carbonyl (C=O) groups excluding carboxylic acids is 1. The van der Waals surface area contributed by atoms with E-state index in [1.54, 1.807) is 6.92 Å². The number of hydrogen-bond donors (Lipinski definition) is 0. The highest BCUT2D eigenvalue weighted by atomic mass is 35.5. The third-order valence-electron chi connectivity index (χ3n) is 1.40. The first-order valence-electron chi connectivity index (χ1n) is 3.55. The van der Waals surface area contributed by atoms with Crippen LogP contribution in [0.2, 0.25) is 4.34 Å². The molecule has 1 aromatic rings. The van der Waals surface area contributed by atoms with Gasteiger partial charge in [-0.05, 0) is 19.1 Å². The zero-order chi connectivity index (χ0) is 9.14. The van der Waals surface area contributed by atoms with Crippen LogP contribution < -0.4 is 4.90 Å². The van der Waals surface area contributed by atoms with Crippen molar-refractivity contribution >= 4 is 33.7 Å². The summed E-state index contributed by atoms with van der Waals surface area (Å²) in [4.78, 5) is 12.7. The van der Waals surface area contributed by atoms with Crippen molar-refractivity contribution < 1.29 is 4.79 Å². The van der Waals surface area contributed by atoms with Gasteiger partial charge in [-0.1, -0.05) is 11.6 Å². The Hall–Kier alpha value is -0.540. The molecule has 2 nitrogen and oxygen atoms in total. The number of likely N-dealkylation sites (N-methyl/N-ethyl adjacent to an activating group) is 1. The van der Waals surface area contributed by atoms with Gasteiger partial charge in [0.25, 0.3) is 0 Å². The summed E-state index contributed by atoms with van der Waals surface area (Å²) in [6.07, 6.45) is 0. The van der Waals surface area contributed by atoms with E-state index in [1.165, 1.54) is 11.3 Å². The predicted molar refractivity (Wildman–Crippen MR) is 53.3 cm³/mol. The van der Waals surface area contributed by atoms with Gasteiger partial charge in [-0.2, -0.15) is 0 Å². The Labute approximate surface area is 80.8 Å². The normalized spacial score (nSPS) is 9.92. The van der Waals surface area contributed by atoms with E-state index in [9.17, 15) is 4.79 Å². The lowest BCUT2D eigenvalue weighted by molar-refractivity contribution is -0.115. The highest BCUT2D eigenvalue weighted by molar-refractivity contribution is 7.19. The summed E-state index contributed by atoms with van der Waals surface area (Å²) >= 11 is 7.22. The molecule has 0 unspecified atom stereocenters. The molecule has 0 saturated carbocycles. The number of anilines is 1. The molecule has 1 rings (SSSR count). The molecule has 12 heavy (non-hydrogen) atoms. The number of hydrogen-bond acceptors (Lipinski definition) is 3. The molecule has 0 aliphatic carbocycles.